The van der Waals surface area contributed by atoms with Crippen LogP contribution in [0.15, 0.2) is 60.9 Å². The molecule has 18 N–H and O–H groups in total. The molecule has 0 aliphatic heterocycles. The smallest absolute Gasteiger partial charge is 0.220 e. The SMILES string of the molecule is CC(C)CCC(=O)N[C@H](CCC(=O)N[C@@H](CCCCN)CCC(=O)N[C@H](CCC(=O)N[C@H](CCC(=O)N[C@@H](CCCCN)CCC(=O)N[C@H](CCC(=O)N[C@@H](CCCCN)CCC(=O)N[C@H](CCC(N)=O)CC(C)C)Cc1c[nH]c2ccccc12)CC(C)C)Cc1c[nH]c2ccccc12)CC(C)C. The fraction of sp³-hybridized carbons (Fsp3) is 0.688. The second-order valence-corrected chi connectivity index (χ2v) is 30.7. The number of benzene rings is 2. The number of unbranched alkanes of at least 4 members (excludes halogenated alkanes) is 3. The first-order valence-corrected chi connectivity index (χ1v) is 39.1. The molecule has 2 heterocycles. The highest BCUT2D eigenvalue weighted by Gasteiger charge is 2.26. The molecule has 578 valence electrons. The third-order valence-corrected chi connectivity index (χ3v) is 19.2. The molecule has 0 saturated heterocycles. The fourth-order valence-corrected chi connectivity index (χ4v) is 13.8. The number of rotatable bonds is 57. The van der Waals surface area contributed by atoms with Crippen LogP contribution < -0.4 is 65.5 Å². The van der Waals surface area contributed by atoms with Gasteiger partial charge in [-0.1, -0.05) is 111 Å². The number of aromatic amines is 2. The van der Waals surface area contributed by atoms with Crippen LogP contribution in [0.25, 0.3) is 21.8 Å². The van der Waals surface area contributed by atoms with Crippen molar-refractivity contribution in [1.82, 2.24) is 52.5 Å². The monoisotopic (exact) mass is 1440 g/mol. The predicted octanol–water partition coefficient (Wildman–Crippen LogP) is 10.0. The van der Waals surface area contributed by atoms with Gasteiger partial charge in [-0.25, -0.2) is 0 Å². The first-order valence-electron chi connectivity index (χ1n) is 39.1. The molecule has 4 aromatic rings. The number of aromatic nitrogens is 2. The van der Waals surface area contributed by atoms with Gasteiger partial charge in [-0.2, -0.15) is 0 Å². The number of carbonyl (C=O) groups is 9. The molecule has 8 atom stereocenters. The van der Waals surface area contributed by atoms with E-state index in [9.17, 15) is 43.2 Å². The van der Waals surface area contributed by atoms with E-state index in [0.29, 0.717) is 140 Å². The Morgan fingerprint density at radius 1 is 0.311 bits per heavy atom. The summed E-state index contributed by atoms with van der Waals surface area (Å²) < 4.78 is 0. The van der Waals surface area contributed by atoms with Gasteiger partial charge in [0.15, 0.2) is 0 Å². The molecule has 0 fully saturated rings. The Balaban J connectivity index is 1.39. The molecular weight excluding hydrogens is 1300 g/mol. The highest BCUT2D eigenvalue weighted by molar-refractivity contribution is 5.85. The van der Waals surface area contributed by atoms with E-state index in [0.717, 1.165) is 84.3 Å². The van der Waals surface area contributed by atoms with Gasteiger partial charge in [0.2, 0.25) is 53.2 Å². The number of nitrogens with one attached hydrogen (secondary N) is 10. The van der Waals surface area contributed by atoms with Gasteiger partial charge in [0, 0.05) is 140 Å². The topological polar surface area (TPSA) is 386 Å². The summed E-state index contributed by atoms with van der Waals surface area (Å²) in [5.74, 6) is -0.325. The zero-order chi connectivity index (χ0) is 75.5. The van der Waals surface area contributed by atoms with E-state index in [1.165, 1.54) is 0 Å². The first-order chi connectivity index (χ1) is 49.3. The van der Waals surface area contributed by atoms with Crippen LogP contribution in [0, 0.1) is 23.7 Å². The number of primary amides is 1. The number of H-pyrrole nitrogens is 2. The lowest BCUT2D eigenvalue weighted by molar-refractivity contribution is -0.125. The highest BCUT2D eigenvalue weighted by Crippen LogP contribution is 2.24. The molecule has 2 aromatic heterocycles. The summed E-state index contributed by atoms with van der Waals surface area (Å²) in [5, 5.41) is 27.7. The third-order valence-electron chi connectivity index (χ3n) is 19.2. The van der Waals surface area contributed by atoms with Crippen LogP contribution in [-0.2, 0) is 56.0 Å². The van der Waals surface area contributed by atoms with Gasteiger partial charge in [-0.3, -0.25) is 43.2 Å². The first kappa shape index (κ1) is 88.0. The van der Waals surface area contributed by atoms with E-state index < -0.39 is 18.0 Å². The molecule has 103 heavy (non-hydrogen) atoms. The lowest BCUT2D eigenvalue weighted by atomic mass is 9.97. The van der Waals surface area contributed by atoms with Gasteiger partial charge >= 0.3 is 0 Å². The lowest BCUT2D eigenvalue weighted by Crippen LogP contribution is -2.42. The Kier molecular flexibility index (Phi) is 42.9. The molecule has 0 radical (unpaired) electrons. The van der Waals surface area contributed by atoms with E-state index in [-0.39, 0.29) is 141 Å². The van der Waals surface area contributed by atoms with Gasteiger partial charge in [-0.15, -0.1) is 0 Å². The van der Waals surface area contributed by atoms with Gasteiger partial charge in [0.1, 0.15) is 0 Å². The maximum Gasteiger partial charge on any atom is 0.220 e. The molecule has 0 unspecified atom stereocenters. The maximum atomic E-state index is 14.1. The van der Waals surface area contributed by atoms with Crippen molar-refractivity contribution in [2.24, 2.45) is 46.6 Å². The summed E-state index contributed by atoms with van der Waals surface area (Å²) >= 11 is 0. The van der Waals surface area contributed by atoms with Crippen LogP contribution in [0.2, 0.25) is 0 Å². The standard InChI is InChI=1S/C80H134N14O9/c1-54(2)26-36-73(96)91-64(48-56(5)6)31-40-74(97)87-61(20-14-17-45-82)30-39-79(102)94-67(51-59-53-86-71-25-12-10-23-69(59)71)34-43-80(103)92-65(49-57(7)8)32-41-75(98)88-62(21-15-18-46-83)29-38-78(101)93-66(50-58-52-85-70-24-11-9-22-68(58)70)33-42-76(99)89-60(19-13-16-44-81)28-37-77(100)90-63(47-55(3)4)27-35-72(84)95/h9-12,22-25,52-57,60-67,85-86H,13-21,26-51,81-83H2,1-8H3,(H2,84,95)(H,87,97)(H,88,98)(H,89,99)(H,90,100)(H,91,96)(H,92,103)(H,93,101)(H,94,102)/t60-,61-,62-,63+,64+,65+,66+,67+/m0/s1. The van der Waals surface area contributed by atoms with Crippen LogP contribution in [0.1, 0.15) is 259 Å². The Morgan fingerprint density at radius 3 is 0.845 bits per heavy atom. The minimum atomic E-state index is -0.413. The Hall–Kier alpha value is -7.37. The Bertz CT molecular complexity index is 3140. The zero-order valence-electron chi connectivity index (χ0n) is 63.9. The van der Waals surface area contributed by atoms with Gasteiger partial charge < -0.3 is 75.4 Å². The number of carbonyl (C=O) groups excluding carboxylic acids is 9. The molecule has 0 aliphatic rings. The molecule has 0 aliphatic carbocycles. The van der Waals surface area contributed by atoms with Crippen LogP contribution in [0.3, 0.4) is 0 Å². The number of fused-ring (bicyclic) bond motifs is 2. The van der Waals surface area contributed by atoms with Crippen LogP contribution in [0.5, 0.6) is 0 Å². The number of amides is 9. The average molecular weight is 1440 g/mol. The summed E-state index contributed by atoms with van der Waals surface area (Å²) in [7, 11) is 0. The van der Waals surface area contributed by atoms with Crippen molar-refractivity contribution in [1.29, 1.82) is 0 Å². The van der Waals surface area contributed by atoms with E-state index in [4.69, 9.17) is 22.9 Å². The van der Waals surface area contributed by atoms with E-state index >= 15 is 0 Å². The van der Waals surface area contributed by atoms with Crippen molar-refractivity contribution in [2.75, 3.05) is 19.6 Å². The average Bonchev–Trinajstić information content (AvgIpc) is 1.70. The van der Waals surface area contributed by atoms with Crippen LogP contribution >= 0.6 is 0 Å². The zero-order valence-corrected chi connectivity index (χ0v) is 63.9. The number of hydrogen-bond donors (Lipinski definition) is 14. The van der Waals surface area contributed by atoms with Crippen molar-refractivity contribution in [3.63, 3.8) is 0 Å². The summed E-state index contributed by atoms with van der Waals surface area (Å²) in [4.78, 5) is 128. The van der Waals surface area contributed by atoms with Gasteiger partial charge in [0.25, 0.3) is 0 Å². The number of hydrogen-bond acceptors (Lipinski definition) is 12. The molecule has 4 rings (SSSR count). The van der Waals surface area contributed by atoms with Crippen LogP contribution in [0.4, 0.5) is 0 Å². The van der Waals surface area contributed by atoms with Gasteiger partial charge in [-0.05, 0) is 195 Å². The summed E-state index contributed by atoms with van der Waals surface area (Å²) in [6.45, 7) is 18.2. The van der Waals surface area contributed by atoms with Crippen molar-refractivity contribution in [3.8, 4) is 0 Å². The van der Waals surface area contributed by atoms with Gasteiger partial charge in [0.05, 0.1) is 0 Å². The molecule has 2 aromatic carbocycles. The number of para-hydroxylation sites is 2. The summed E-state index contributed by atoms with van der Waals surface area (Å²) in [6, 6.07) is 13.7. The molecule has 0 saturated carbocycles. The minimum absolute atomic E-state index is 0.00952. The Morgan fingerprint density at radius 2 is 0.563 bits per heavy atom. The lowest BCUT2D eigenvalue weighted by Gasteiger charge is -2.24. The quantitative estimate of drug-likeness (QED) is 0.0184. The summed E-state index contributed by atoms with van der Waals surface area (Å²) in [6.07, 6.45) is 19.4. The van der Waals surface area contributed by atoms with E-state index in [1.807, 2.05) is 60.9 Å². The third kappa shape index (κ3) is 38.8. The summed E-state index contributed by atoms with van der Waals surface area (Å²) in [5.41, 5.74) is 27.0. The molecule has 9 amide bonds. The molecule has 0 spiro atoms. The second kappa shape index (κ2) is 50.1. The van der Waals surface area contributed by atoms with E-state index in [2.05, 4.69) is 108 Å². The van der Waals surface area contributed by atoms with E-state index in [1.54, 1.807) is 0 Å². The molecular formula is C80H134N14O9. The van der Waals surface area contributed by atoms with Crippen molar-refractivity contribution in [3.05, 3.63) is 72.1 Å². The van der Waals surface area contributed by atoms with Crippen molar-refractivity contribution in [2.45, 2.75) is 309 Å². The number of nitrogens with two attached hydrogens (primary N) is 4. The minimum Gasteiger partial charge on any atom is -0.370 e. The molecule has 0 bridgehead atoms. The van der Waals surface area contributed by atoms with Crippen molar-refractivity contribution < 1.29 is 43.2 Å². The molecule has 23 nitrogen and oxygen atoms in total. The maximum absolute atomic E-state index is 14.1. The van der Waals surface area contributed by atoms with Crippen molar-refractivity contribution >= 4 is 75.0 Å². The normalized spacial score (nSPS) is 14.0. The fourth-order valence-electron chi connectivity index (χ4n) is 13.8. The largest absolute Gasteiger partial charge is 0.370 e. The predicted molar refractivity (Wildman–Crippen MR) is 414 cm³/mol. The van der Waals surface area contributed by atoms with Crippen LogP contribution in [-0.4, -0.2) is 131 Å². The Labute approximate surface area is 615 Å². The molecule has 23 heteroatoms. The second-order valence-electron chi connectivity index (χ2n) is 30.7. The highest BCUT2D eigenvalue weighted by atomic mass is 16.2.